The fourth-order valence-corrected chi connectivity index (χ4v) is 1.48. The number of hydrogen-bond donors (Lipinski definition) is 1. The van der Waals surface area contributed by atoms with Crippen molar-refractivity contribution in [3.63, 3.8) is 0 Å². The van der Waals surface area contributed by atoms with Gasteiger partial charge in [-0.3, -0.25) is 0 Å². The summed E-state index contributed by atoms with van der Waals surface area (Å²) < 4.78 is 0. The molecular formula is C12H17N. The van der Waals surface area contributed by atoms with Gasteiger partial charge in [0.2, 0.25) is 0 Å². The Labute approximate surface area is 80.3 Å². The number of nitrogen functional groups attached to an aromatic ring is 1. The Morgan fingerprint density at radius 1 is 1.38 bits per heavy atom. The lowest BCUT2D eigenvalue weighted by Crippen LogP contribution is -1.97. The molecule has 1 atom stereocenters. The van der Waals surface area contributed by atoms with E-state index < -0.39 is 0 Å². The fraction of sp³-hybridized carbons (Fsp3) is 0.333. The molecule has 1 nitrogen and oxygen atoms in total. The molecule has 0 aliphatic heterocycles. The number of rotatable bonds is 2. The smallest absolute Gasteiger partial charge is 0.0352 e. The predicted molar refractivity (Wildman–Crippen MR) is 58.8 cm³/mol. The summed E-state index contributed by atoms with van der Waals surface area (Å²) in [4.78, 5) is 0. The van der Waals surface area contributed by atoms with Crippen molar-refractivity contribution < 1.29 is 0 Å². The van der Waals surface area contributed by atoms with E-state index in [1.165, 1.54) is 11.1 Å². The van der Waals surface area contributed by atoms with Gasteiger partial charge >= 0.3 is 0 Å². The molecule has 0 saturated carbocycles. The van der Waals surface area contributed by atoms with Crippen molar-refractivity contribution in [2.24, 2.45) is 0 Å². The van der Waals surface area contributed by atoms with Crippen LogP contribution in [0.1, 0.15) is 30.9 Å². The molecule has 0 heterocycles. The Balaban J connectivity index is 3.05. The molecule has 0 spiro atoms. The second-order valence-electron chi connectivity index (χ2n) is 3.45. The van der Waals surface area contributed by atoms with Gasteiger partial charge in [-0.2, -0.15) is 0 Å². The minimum absolute atomic E-state index is 0.407. The molecule has 70 valence electrons. The lowest BCUT2D eigenvalue weighted by atomic mass is 9.97. The molecule has 1 unspecified atom stereocenters. The highest BCUT2D eigenvalue weighted by Gasteiger charge is 2.04. The van der Waals surface area contributed by atoms with Crippen LogP contribution in [0.4, 0.5) is 5.69 Å². The van der Waals surface area contributed by atoms with Crippen molar-refractivity contribution in [3.05, 3.63) is 41.5 Å². The van der Waals surface area contributed by atoms with Gasteiger partial charge in [0, 0.05) is 11.6 Å². The van der Waals surface area contributed by atoms with Crippen molar-refractivity contribution >= 4 is 5.69 Å². The number of aryl methyl sites for hydroxylation is 1. The van der Waals surface area contributed by atoms with Gasteiger partial charge in [0.15, 0.2) is 0 Å². The van der Waals surface area contributed by atoms with Gasteiger partial charge in [0.25, 0.3) is 0 Å². The van der Waals surface area contributed by atoms with Gasteiger partial charge in [-0.05, 0) is 25.5 Å². The minimum Gasteiger partial charge on any atom is -0.398 e. The number of nitrogens with two attached hydrogens (primary N) is 1. The second-order valence-corrected chi connectivity index (χ2v) is 3.45. The van der Waals surface area contributed by atoms with E-state index in [0.717, 1.165) is 5.69 Å². The zero-order valence-electron chi connectivity index (χ0n) is 8.54. The van der Waals surface area contributed by atoms with E-state index in [-0.39, 0.29) is 0 Å². The van der Waals surface area contributed by atoms with Crippen LogP contribution < -0.4 is 5.73 Å². The normalized spacial score (nSPS) is 13.5. The molecule has 0 bridgehead atoms. The van der Waals surface area contributed by atoms with E-state index in [1.54, 1.807) is 0 Å². The van der Waals surface area contributed by atoms with E-state index in [2.05, 4.69) is 32.1 Å². The van der Waals surface area contributed by atoms with Gasteiger partial charge in [0.05, 0.1) is 0 Å². The summed E-state index contributed by atoms with van der Waals surface area (Å²) in [5.74, 6) is 0.407. The Bertz CT molecular complexity index is 313. The Morgan fingerprint density at radius 3 is 2.69 bits per heavy atom. The fourth-order valence-electron chi connectivity index (χ4n) is 1.48. The first-order valence-corrected chi connectivity index (χ1v) is 4.64. The first kappa shape index (κ1) is 9.85. The van der Waals surface area contributed by atoms with Gasteiger partial charge in [0.1, 0.15) is 0 Å². The SMILES string of the molecule is C/C=C/C(C)c1cc(C)ccc1N. The molecule has 13 heavy (non-hydrogen) atoms. The lowest BCUT2D eigenvalue weighted by Gasteiger charge is -2.10. The third-order valence-electron chi connectivity index (χ3n) is 2.21. The third-order valence-corrected chi connectivity index (χ3v) is 2.21. The maximum Gasteiger partial charge on any atom is 0.0352 e. The Kier molecular flexibility index (Phi) is 3.13. The van der Waals surface area contributed by atoms with E-state index >= 15 is 0 Å². The number of anilines is 1. The summed E-state index contributed by atoms with van der Waals surface area (Å²) in [7, 11) is 0. The summed E-state index contributed by atoms with van der Waals surface area (Å²) >= 11 is 0. The number of hydrogen-bond acceptors (Lipinski definition) is 1. The van der Waals surface area contributed by atoms with Crippen LogP contribution in [0.15, 0.2) is 30.4 Å². The van der Waals surface area contributed by atoms with E-state index in [1.807, 2.05) is 19.1 Å². The van der Waals surface area contributed by atoms with Crippen LogP contribution >= 0.6 is 0 Å². The molecule has 1 heteroatoms. The predicted octanol–water partition coefficient (Wildman–Crippen LogP) is 3.26. The quantitative estimate of drug-likeness (QED) is 0.542. The van der Waals surface area contributed by atoms with Gasteiger partial charge in [-0.1, -0.05) is 36.8 Å². The standard InChI is InChI=1S/C12H17N/c1-4-5-10(3)11-8-9(2)6-7-12(11)13/h4-8,10H,13H2,1-3H3/b5-4+. The Morgan fingerprint density at radius 2 is 2.08 bits per heavy atom. The van der Waals surface area contributed by atoms with Crippen molar-refractivity contribution in [3.8, 4) is 0 Å². The molecule has 0 radical (unpaired) electrons. The molecular weight excluding hydrogens is 158 g/mol. The summed E-state index contributed by atoms with van der Waals surface area (Å²) in [6, 6.07) is 6.17. The lowest BCUT2D eigenvalue weighted by molar-refractivity contribution is 0.966. The first-order chi connectivity index (χ1) is 6.15. The van der Waals surface area contributed by atoms with E-state index in [9.17, 15) is 0 Å². The molecule has 0 amide bonds. The topological polar surface area (TPSA) is 26.0 Å². The molecule has 1 rings (SSSR count). The zero-order chi connectivity index (χ0) is 9.84. The largest absolute Gasteiger partial charge is 0.398 e. The summed E-state index contributed by atoms with van der Waals surface area (Å²) in [5.41, 5.74) is 9.26. The summed E-state index contributed by atoms with van der Waals surface area (Å²) in [5, 5.41) is 0. The van der Waals surface area contributed by atoms with Crippen LogP contribution in [-0.4, -0.2) is 0 Å². The molecule has 1 aromatic carbocycles. The molecule has 1 aromatic rings. The van der Waals surface area contributed by atoms with Crippen molar-refractivity contribution in [2.45, 2.75) is 26.7 Å². The maximum atomic E-state index is 5.89. The average Bonchev–Trinajstić information content (AvgIpc) is 2.09. The van der Waals surface area contributed by atoms with Crippen LogP contribution in [0.2, 0.25) is 0 Å². The molecule has 0 aliphatic carbocycles. The van der Waals surface area contributed by atoms with Crippen LogP contribution in [0.3, 0.4) is 0 Å². The van der Waals surface area contributed by atoms with Crippen LogP contribution in [-0.2, 0) is 0 Å². The maximum absolute atomic E-state index is 5.89. The van der Waals surface area contributed by atoms with Gasteiger partial charge in [-0.25, -0.2) is 0 Å². The first-order valence-electron chi connectivity index (χ1n) is 4.64. The third kappa shape index (κ3) is 2.35. The van der Waals surface area contributed by atoms with Crippen LogP contribution in [0, 0.1) is 6.92 Å². The number of benzene rings is 1. The van der Waals surface area contributed by atoms with Crippen molar-refractivity contribution in [1.82, 2.24) is 0 Å². The van der Waals surface area contributed by atoms with Crippen molar-refractivity contribution in [2.75, 3.05) is 5.73 Å². The van der Waals surface area contributed by atoms with Crippen molar-refractivity contribution in [1.29, 1.82) is 0 Å². The Hall–Kier alpha value is -1.24. The summed E-state index contributed by atoms with van der Waals surface area (Å²) in [6.45, 7) is 6.28. The second kappa shape index (κ2) is 4.13. The highest BCUT2D eigenvalue weighted by molar-refractivity contribution is 5.51. The molecule has 0 aliphatic rings. The highest BCUT2D eigenvalue weighted by Crippen LogP contribution is 2.24. The van der Waals surface area contributed by atoms with Crippen LogP contribution in [0.25, 0.3) is 0 Å². The minimum atomic E-state index is 0.407. The highest BCUT2D eigenvalue weighted by atomic mass is 14.6. The van der Waals surface area contributed by atoms with Gasteiger partial charge in [-0.15, -0.1) is 0 Å². The van der Waals surface area contributed by atoms with Crippen LogP contribution in [0.5, 0.6) is 0 Å². The molecule has 0 aromatic heterocycles. The monoisotopic (exact) mass is 175 g/mol. The number of allylic oxidation sites excluding steroid dienone is 2. The molecule has 0 fully saturated rings. The van der Waals surface area contributed by atoms with Gasteiger partial charge < -0.3 is 5.73 Å². The average molecular weight is 175 g/mol. The van der Waals surface area contributed by atoms with E-state index in [0.29, 0.717) is 5.92 Å². The summed E-state index contributed by atoms with van der Waals surface area (Å²) in [6.07, 6.45) is 4.22. The zero-order valence-corrected chi connectivity index (χ0v) is 8.54. The molecule has 0 saturated heterocycles. The molecule has 2 N–H and O–H groups in total. The van der Waals surface area contributed by atoms with E-state index in [4.69, 9.17) is 5.73 Å².